The van der Waals surface area contributed by atoms with Crippen LogP contribution in [-0.2, 0) is 13.0 Å². The minimum atomic E-state index is 0.875. The van der Waals surface area contributed by atoms with Crippen LogP contribution in [0.15, 0.2) is 24.4 Å². The topological polar surface area (TPSA) is 43.8 Å². The summed E-state index contributed by atoms with van der Waals surface area (Å²) in [6.45, 7) is 7.32. The Bertz CT molecular complexity index is 541. The molecule has 0 amide bonds. The number of nitrogens with two attached hydrogens (primary N) is 1. The highest BCUT2D eigenvalue weighted by atomic mass is 15.3. The normalized spacial score (nSPS) is 10.8. The van der Waals surface area contributed by atoms with Gasteiger partial charge in [-0.25, -0.2) is 0 Å². The molecule has 0 radical (unpaired) electrons. The highest BCUT2D eigenvalue weighted by Gasteiger charge is 2.08. The van der Waals surface area contributed by atoms with Crippen molar-refractivity contribution in [3.05, 3.63) is 35.7 Å². The molecular weight excluding hydrogens is 222 g/mol. The zero-order valence-corrected chi connectivity index (χ0v) is 11.4. The van der Waals surface area contributed by atoms with Gasteiger partial charge in [0, 0.05) is 24.0 Å². The summed E-state index contributed by atoms with van der Waals surface area (Å²) in [5.74, 6) is 0. The van der Waals surface area contributed by atoms with Gasteiger partial charge < -0.3 is 5.73 Å². The Hall–Kier alpha value is -1.77. The van der Waals surface area contributed by atoms with Crippen LogP contribution in [0.4, 0.5) is 5.69 Å². The fourth-order valence-electron chi connectivity index (χ4n) is 2.22. The van der Waals surface area contributed by atoms with E-state index in [0.29, 0.717) is 0 Å². The number of benzene rings is 1. The van der Waals surface area contributed by atoms with Gasteiger partial charge in [-0.05, 0) is 43.0 Å². The molecule has 3 nitrogen and oxygen atoms in total. The molecule has 1 heterocycles. The SMILES string of the molecule is CCCn1cc(-c2ccc(N)c(CC)c2)c(C)n1. The van der Waals surface area contributed by atoms with E-state index in [1.807, 2.05) is 10.7 Å². The lowest BCUT2D eigenvalue weighted by Crippen LogP contribution is -1.96. The van der Waals surface area contributed by atoms with Crippen LogP contribution < -0.4 is 5.73 Å². The lowest BCUT2D eigenvalue weighted by molar-refractivity contribution is 0.598. The molecule has 0 fully saturated rings. The van der Waals surface area contributed by atoms with Crippen molar-refractivity contribution < 1.29 is 0 Å². The average Bonchev–Trinajstić information content (AvgIpc) is 2.71. The maximum Gasteiger partial charge on any atom is 0.0672 e. The van der Waals surface area contributed by atoms with Crippen molar-refractivity contribution in [3.63, 3.8) is 0 Å². The molecule has 18 heavy (non-hydrogen) atoms. The highest BCUT2D eigenvalue weighted by Crippen LogP contribution is 2.26. The number of hydrogen-bond donors (Lipinski definition) is 1. The molecule has 0 aliphatic rings. The number of anilines is 1. The number of nitrogens with zero attached hydrogens (tertiary/aromatic N) is 2. The molecule has 3 heteroatoms. The summed E-state index contributed by atoms with van der Waals surface area (Å²) in [7, 11) is 0. The molecule has 1 aromatic heterocycles. The number of aryl methyl sites for hydroxylation is 3. The molecule has 0 saturated carbocycles. The van der Waals surface area contributed by atoms with E-state index in [-0.39, 0.29) is 0 Å². The van der Waals surface area contributed by atoms with E-state index in [2.05, 4.69) is 44.2 Å². The Labute approximate surface area is 109 Å². The van der Waals surface area contributed by atoms with Crippen molar-refractivity contribution in [2.24, 2.45) is 0 Å². The summed E-state index contributed by atoms with van der Waals surface area (Å²) >= 11 is 0. The predicted molar refractivity (Wildman–Crippen MR) is 76.5 cm³/mol. The molecule has 2 rings (SSSR count). The number of rotatable bonds is 4. The molecular formula is C15H21N3. The van der Waals surface area contributed by atoms with Crippen molar-refractivity contribution in [1.29, 1.82) is 0 Å². The first-order valence-electron chi connectivity index (χ1n) is 6.58. The van der Waals surface area contributed by atoms with Gasteiger partial charge in [0.25, 0.3) is 0 Å². The zero-order chi connectivity index (χ0) is 13.1. The van der Waals surface area contributed by atoms with Crippen LogP contribution in [-0.4, -0.2) is 9.78 Å². The summed E-state index contributed by atoms with van der Waals surface area (Å²) in [4.78, 5) is 0. The van der Waals surface area contributed by atoms with Crippen molar-refractivity contribution in [1.82, 2.24) is 9.78 Å². The second-order valence-corrected chi connectivity index (χ2v) is 4.66. The van der Waals surface area contributed by atoms with Gasteiger partial charge in [0.05, 0.1) is 5.69 Å². The van der Waals surface area contributed by atoms with Gasteiger partial charge >= 0.3 is 0 Å². The van der Waals surface area contributed by atoms with Crippen LogP contribution in [0, 0.1) is 6.92 Å². The average molecular weight is 243 g/mol. The molecule has 2 N–H and O–H groups in total. The van der Waals surface area contributed by atoms with E-state index in [0.717, 1.165) is 30.8 Å². The third-order valence-corrected chi connectivity index (χ3v) is 3.23. The predicted octanol–water partition coefficient (Wildman–Crippen LogP) is 3.41. The van der Waals surface area contributed by atoms with Gasteiger partial charge in [-0.2, -0.15) is 5.10 Å². The van der Waals surface area contributed by atoms with Crippen molar-refractivity contribution >= 4 is 5.69 Å². The third kappa shape index (κ3) is 2.40. The molecule has 0 bridgehead atoms. The van der Waals surface area contributed by atoms with E-state index in [1.54, 1.807) is 0 Å². The van der Waals surface area contributed by atoms with Crippen LogP contribution in [0.25, 0.3) is 11.1 Å². The van der Waals surface area contributed by atoms with Crippen molar-refractivity contribution in [2.75, 3.05) is 5.73 Å². The monoisotopic (exact) mass is 243 g/mol. The van der Waals surface area contributed by atoms with Crippen LogP contribution in [0.3, 0.4) is 0 Å². The molecule has 0 aliphatic carbocycles. The second-order valence-electron chi connectivity index (χ2n) is 4.66. The smallest absolute Gasteiger partial charge is 0.0672 e. The quantitative estimate of drug-likeness (QED) is 0.836. The molecule has 2 aromatic rings. The molecule has 0 aliphatic heterocycles. The van der Waals surface area contributed by atoms with E-state index < -0.39 is 0 Å². The zero-order valence-electron chi connectivity index (χ0n) is 11.4. The van der Waals surface area contributed by atoms with Gasteiger partial charge in [-0.15, -0.1) is 0 Å². The first kappa shape index (κ1) is 12.7. The third-order valence-electron chi connectivity index (χ3n) is 3.23. The van der Waals surface area contributed by atoms with Gasteiger partial charge in [0.1, 0.15) is 0 Å². The first-order valence-corrected chi connectivity index (χ1v) is 6.58. The molecule has 0 atom stereocenters. The second kappa shape index (κ2) is 5.25. The fourth-order valence-corrected chi connectivity index (χ4v) is 2.22. The molecule has 0 unspecified atom stereocenters. The number of hydrogen-bond acceptors (Lipinski definition) is 2. The van der Waals surface area contributed by atoms with E-state index in [4.69, 9.17) is 5.73 Å². The lowest BCUT2D eigenvalue weighted by Gasteiger charge is -2.06. The number of nitrogen functional groups attached to an aromatic ring is 1. The van der Waals surface area contributed by atoms with Crippen LogP contribution >= 0.6 is 0 Å². The maximum atomic E-state index is 5.95. The first-order chi connectivity index (χ1) is 8.65. The maximum absolute atomic E-state index is 5.95. The minimum Gasteiger partial charge on any atom is -0.399 e. The Morgan fingerprint density at radius 3 is 2.72 bits per heavy atom. The van der Waals surface area contributed by atoms with E-state index in [1.165, 1.54) is 16.7 Å². The summed E-state index contributed by atoms with van der Waals surface area (Å²) < 4.78 is 2.02. The van der Waals surface area contributed by atoms with E-state index >= 15 is 0 Å². The standard InChI is InChI=1S/C15H21N3/c1-4-8-18-10-14(11(3)17-18)13-6-7-15(16)12(5-2)9-13/h6-7,9-10H,4-5,8,16H2,1-3H3. The van der Waals surface area contributed by atoms with Gasteiger partial charge in [0.2, 0.25) is 0 Å². The summed E-state index contributed by atoms with van der Waals surface area (Å²) in [5, 5.41) is 4.54. The van der Waals surface area contributed by atoms with Crippen molar-refractivity contribution in [3.8, 4) is 11.1 Å². The summed E-state index contributed by atoms with van der Waals surface area (Å²) in [5.41, 5.74) is 11.5. The fraction of sp³-hybridized carbons (Fsp3) is 0.400. The molecule has 0 saturated heterocycles. The van der Waals surface area contributed by atoms with Gasteiger partial charge in [0.15, 0.2) is 0 Å². The van der Waals surface area contributed by atoms with Crippen LogP contribution in [0.5, 0.6) is 0 Å². The highest BCUT2D eigenvalue weighted by molar-refractivity contribution is 5.69. The largest absolute Gasteiger partial charge is 0.399 e. The minimum absolute atomic E-state index is 0.875. The Balaban J connectivity index is 2.41. The van der Waals surface area contributed by atoms with Gasteiger partial charge in [-0.1, -0.05) is 19.9 Å². The molecule has 0 spiro atoms. The molecule has 1 aromatic carbocycles. The van der Waals surface area contributed by atoms with E-state index in [9.17, 15) is 0 Å². The Kier molecular flexibility index (Phi) is 3.70. The van der Waals surface area contributed by atoms with Crippen LogP contribution in [0.1, 0.15) is 31.5 Å². The van der Waals surface area contributed by atoms with Crippen molar-refractivity contribution in [2.45, 2.75) is 40.2 Å². The number of aromatic nitrogens is 2. The lowest BCUT2D eigenvalue weighted by atomic mass is 10.0. The Morgan fingerprint density at radius 2 is 2.06 bits per heavy atom. The summed E-state index contributed by atoms with van der Waals surface area (Å²) in [6, 6.07) is 6.25. The van der Waals surface area contributed by atoms with Gasteiger partial charge in [-0.3, -0.25) is 4.68 Å². The summed E-state index contributed by atoms with van der Waals surface area (Å²) in [6.07, 6.45) is 4.19. The molecule has 96 valence electrons. The Morgan fingerprint density at radius 1 is 1.28 bits per heavy atom. The van der Waals surface area contributed by atoms with Crippen LogP contribution in [0.2, 0.25) is 0 Å².